The Morgan fingerprint density at radius 3 is 2.05 bits per heavy atom. The van der Waals surface area contributed by atoms with Crippen molar-refractivity contribution in [2.45, 2.75) is 23.8 Å². The zero-order valence-corrected chi connectivity index (χ0v) is 12.3. The van der Waals surface area contributed by atoms with Gasteiger partial charge >= 0.3 is 0 Å². The molecule has 112 valence electrons. The molecular formula is C8H15NO7S3. The van der Waals surface area contributed by atoms with Crippen LogP contribution in [0.5, 0.6) is 0 Å². The van der Waals surface area contributed by atoms with Crippen molar-refractivity contribution >= 4 is 29.7 Å². The Hall–Kier alpha value is -0.230. The Morgan fingerprint density at radius 2 is 1.63 bits per heavy atom. The van der Waals surface area contributed by atoms with Crippen molar-refractivity contribution < 1.29 is 30.4 Å². The van der Waals surface area contributed by atoms with Crippen molar-refractivity contribution in [3.8, 4) is 0 Å². The molecule has 0 saturated carbocycles. The summed E-state index contributed by atoms with van der Waals surface area (Å²) in [6.07, 6.45) is -1.30. The van der Waals surface area contributed by atoms with Crippen LogP contribution in [0.25, 0.3) is 0 Å². The predicted molar refractivity (Wildman–Crippen MR) is 67.6 cm³/mol. The summed E-state index contributed by atoms with van der Waals surface area (Å²) < 4.78 is 71.1. The Kier molecular flexibility index (Phi) is 3.71. The smallest absolute Gasteiger partial charge is 0.215 e. The maximum Gasteiger partial charge on any atom is 0.215 e. The monoisotopic (exact) mass is 333 g/mol. The number of hydrogen-bond donors (Lipinski definition) is 2. The summed E-state index contributed by atoms with van der Waals surface area (Å²) in [4.78, 5) is 0. The molecule has 3 atom stereocenters. The molecule has 11 heteroatoms. The summed E-state index contributed by atoms with van der Waals surface area (Å²) in [6, 6.07) is -1.10. The van der Waals surface area contributed by atoms with E-state index in [1.807, 2.05) is 0 Å². The standard InChI is InChI=1S/C8H15NO7S3/c10-8-5-18(13,14)4-7(8)9-19(15,16)6-1-2-17(11,12)3-6/h6-10H,1-5H2/t6?,7-,8-/m0/s1. The highest BCUT2D eigenvalue weighted by atomic mass is 32.2. The molecule has 2 heterocycles. The number of aliphatic hydroxyl groups excluding tert-OH is 1. The summed E-state index contributed by atoms with van der Waals surface area (Å²) in [5.41, 5.74) is 0. The van der Waals surface area contributed by atoms with E-state index < -0.39 is 64.4 Å². The summed E-state index contributed by atoms with van der Waals surface area (Å²) in [6.45, 7) is 0. The van der Waals surface area contributed by atoms with E-state index in [2.05, 4.69) is 4.72 Å². The van der Waals surface area contributed by atoms with Crippen LogP contribution < -0.4 is 4.72 Å². The lowest BCUT2D eigenvalue weighted by atomic mass is 10.2. The van der Waals surface area contributed by atoms with Crippen LogP contribution in [0.3, 0.4) is 0 Å². The van der Waals surface area contributed by atoms with Crippen molar-refractivity contribution in [3.05, 3.63) is 0 Å². The molecule has 0 bridgehead atoms. The van der Waals surface area contributed by atoms with Crippen LogP contribution in [0.1, 0.15) is 6.42 Å². The number of sulfone groups is 2. The van der Waals surface area contributed by atoms with Gasteiger partial charge in [-0.25, -0.2) is 30.0 Å². The second-order valence-corrected chi connectivity index (χ2v) is 11.3. The van der Waals surface area contributed by atoms with Gasteiger partial charge in [0.15, 0.2) is 19.7 Å². The maximum atomic E-state index is 12.0. The molecule has 8 nitrogen and oxygen atoms in total. The molecule has 0 aromatic heterocycles. The third-order valence-corrected chi connectivity index (χ3v) is 8.87. The lowest BCUT2D eigenvalue weighted by Crippen LogP contribution is -2.46. The third kappa shape index (κ3) is 3.45. The van der Waals surface area contributed by atoms with Crippen LogP contribution in [-0.2, 0) is 29.7 Å². The molecular weight excluding hydrogens is 318 g/mol. The van der Waals surface area contributed by atoms with Crippen LogP contribution in [0, 0.1) is 0 Å². The molecule has 1 unspecified atom stereocenters. The molecule has 0 spiro atoms. The van der Waals surface area contributed by atoms with Gasteiger partial charge in [0.1, 0.15) is 0 Å². The summed E-state index contributed by atoms with van der Waals surface area (Å²) in [5.74, 6) is -1.60. The summed E-state index contributed by atoms with van der Waals surface area (Å²) in [5, 5.41) is 8.43. The van der Waals surface area contributed by atoms with E-state index in [1.54, 1.807) is 0 Å². The lowest BCUT2D eigenvalue weighted by Gasteiger charge is -2.18. The SMILES string of the molecule is O=S1(=O)CCC(S(=O)(=O)N[C@H]2CS(=O)(=O)C[C@@H]2O)C1. The number of nitrogens with one attached hydrogen (secondary N) is 1. The van der Waals surface area contributed by atoms with Crippen molar-refractivity contribution in [1.82, 2.24) is 4.72 Å². The van der Waals surface area contributed by atoms with Crippen LogP contribution >= 0.6 is 0 Å². The highest BCUT2D eigenvalue weighted by Gasteiger charge is 2.43. The summed E-state index contributed by atoms with van der Waals surface area (Å²) >= 11 is 0. The first-order valence-corrected chi connectivity index (χ1v) is 10.8. The lowest BCUT2D eigenvalue weighted by molar-refractivity contribution is 0.176. The van der Waals surface area contributed by atoms with E-state index in [1.165, 1.54) is 0 Å². The van der Waals surface area contributed by atoms with Gasteiger partial charge in [-0.05, 0) is 6.42 Å². The molecule has 2 fully saturated rings. The quantitative estimate of drug-likeness (QED) is 0.571. The molecule has 0 radical (unpaired) electrons. The van der Waals surface area contributed by atoms with Gasteiger partial charge in [0.2, 0.25) is 10.0 Å². The minimum atomic E-state index is -3.95. The van der Waals surface area contributed by atoms with Crippen molar-refractivity contribution in [1.29, 1.82) is 0 Å². The van der Waals surface area contributed by atoms with E-state index in [0.29, 0.717) is 0 Å². The maximum absolute atomic E-state index is 12.0. The molecule has 2 N–H and O–H groups in total. The molecule has 2 saturated heterocycles. The number of sulfonamides is 1. The number of aliphatic hydroxyl groups is 1. The normalized spacial score (nSPS) is 37.4. The first-order chi connectivity index (χ1) is 8.51. The van der Waals surface area contributed by atoms with Crippen molar-refractivity contribution in [2.75, 3.05) is 23.0 Å². The zero-order chi connectivity index (χ0) is 14.5. The first kappa shape index (κ1) is 15.2. The van der Waals surface area contributed by atoms with Gasteiger partial charge in [0.25, 0.3) is 0 Å². The predicted octanol–water partition coefficient (Wildman–Crippen LogP) is -2.75. The van der Waals surface area contributed by atoms with E-state index in [-0.39, 0.29) is 12.2 Å². The number of rotatable bonds is 3. The molecule has 19 heavy (non-hydrogen) atoms. The molecule has 0 amide bonds. The fraction of sp³-hybridized carbons (Fsp3) is 1.00. The van der Waals surface area contributed by atoms with E-state index in [9.17, 15) is 30.4 Å². The van der Waals surface area contributed by atoms with Gasteiger partial charge in [0.05, 0.1) is 40.4 Å². The molecule has 0 aliphatic carbocycles. The minimum Gasteiger partial charge on any atom is -0.390 e. The topological polar surface area (TPSA) is 135 Å². The Bertz CT molecular complexity index is 663. The third-order valence-electron chi connectivity index (χ3n) is 3.27. The molecule has 2 aliphatic rings. The second-order valence-electron chi connectivity index (χ2n) is 4.94. The van der Waals surface area contributed by atoms with E-state index in [0.717, 1.165) is 0 Å². The average Bonchev–Trinajstić information content (AvgIpc) is 2.67. The molecule has 2 aliphatic heterocycles. The average molecular weight is 333 g/mol. The van der Waals surface area contributed by atoms with Gasteiger partial charge in [-0.1, -0.05) is 0 Å². The Labute approximate surface area is 112 Å². The van der Waals surface area contributed by atoms with Crippen LogP contribution in [0.4, 0.5) is 0 Å². The largest absolute Gasteiger partial charge is 0.390 e. The van der Waals surface area contributed by atoms with Crippen LogP contribution in [0.15, 0.2) is 0 Å². The Morgan fingerprint density at radius 1 is 1.00 bits per heavy atom. The minimum absolute atomic E-state index is 0.00671. The van der Waals surface area contributed by atoms with Gasteiger partial charge in [-0.3, -0.25) is 0 Å². The zero-order valence-electron chi connectivity index (χ0n) is 9.89. The van der Waals surface area contributed by atoms with Gasteiger partial charge in [0, 0.05) is 0 Å². The van der Waals surface area contributed by atoms with E-state index in [4.69, 9.17) is 0 Å². The fourth-order valence-electron chi connectivity index (χ4n) is 2.25. The fourth-order valence-corrected chi connectivity index (χ4v) is 8.42. The Balaban J connectivity index is 2.11. The van der Waals surface area contributed by atoms with Crippen LogP contribution in [-0.4, -0.2) is 70.8 Å². The number of hydrogen-bond acceptors (Lipinski definition) is 7. The van der Waals surface area contributed by atoms with Crippen molar-refractivity contribution in [2.24, 2.45) is 0 Å². The van der Waals surface area contributed by atoms with Crippen LogP contribution in [0.2, 0.25) is 0 Å². The van der Waals surface area contributed by atoms with Gasteiger partial charge in [-0.2, -0.15) is 0 Å². The molecule has 2 rings (SSSR count). The van der Waals surface area contributed by atoms with Gasteiger partial charge < -0.3 is 5.11 Å². The summed E-state index contributed by atoms with van der Waals surface area (Å²) in [7, 11) is -10.8. The van der Waals surface area contributed by atoms with E-state index >= 15 is 0 Å². The second kappa shape index (κ2) is 4.65. The first-order valence-electron chi connectivity index (χ1n) is 5.61. The van der Waals surface area contributed by atoms with Gasteiger partial charge in [-0.15, -0.1) is 0 Å². The van der Waals surface area contributed by atoms with Crippen molar-refractivity contribution in [3.63, 3.8) is 0 Å². The highest BCUT2D eigenvalue weighted by Crippen LogP contribution is 2.20. The highest BCUT2D eigenvalue weighted by molar-refractivity contribution is 7.95. The molecule has 0 aromatic rings. The molecule has 0 aromatic carbocycles.